The number of esters is 1. The maximum atomic E-state index is 12.8. The van der Waals surface area contributed by atoms with E-state index >= 15 is 0 Å². The molecule has 158 valence electrons. The minimum Gasteiger partial charge on any atom is -0.497 e. The predicted molar refractivity (Wildman–Crippen MR) is 107 cm³/mol. The maximum Gasteiger partial charge on any atom is 0.355 e. The van der Waals surface area contributed by atoms with Gasteiger partial charge < -0.3 is 18.5 Å². The Bertz CT molecular complexity index is 667. The summed E-state index contributed by atoms with van der Waals surface area (Å²) < 4.78 is 33.6. The number of hydrogen-bond acceptors (Lipinski definition) is 7. The Morgan fingerprint density at radius 3 is 2.11 bits per heavy atom. The van der Waals surface area contributed by atoms with Crippen LogP contribution in [0.5, 0.6) is 5.75 Å². The van der Waals surface area contributed by atoms with Crippen LogP contribution >= 0.6 is 19.2 Å². The zero-order valence-electron chi connectivity index (χ0n) is 16.7. The van der Waals surface area contributed by atoms with Gasteiger partial charge in [-0.25, -0.2) is 0 Å². The first-order chi connectivity index (χ1) is 13.3. The van der Waals surface area contributed by atoms with Crippen molar-refractivity contribution < 1.29 is 32.7 Å². The lowest BCUT2D eigenvalue weighted by Crippen LogP contribution is -2.22. The third-order valence-electron chi connectivity index (χ3n) is 3.76. The van der Waals surface area contributed by atoms with Crippen LogP contribution in [-0.2, 0) is 27.9 Å². The average molecular weight is 435 g/mol. The van der Waals surface area contributed by atoms with Gasteiger partial charge in [-0.1, -0.05) is 19.1 Å². The molecule has 0 spiro atoms. The number of Topliss-reactive ketones (excluding diaryl/α,β-unsaturated/α-hetero) is 1. The Morgan fingerprint density at radius 2 is 1.64 bits per heavy atom. The Labute approximate surface area is 171 Å². The molecule has 0 aliphatic rings. The monoisotopic (exact) mass is 434 g/mol. The van der Waals surface area contributed by atoms with Crippen molar-refractivity contribution in [1.29, 1.82) is 0 Å². The van der Waals surface area contributed by atoms with Crippen LogP contribution in [0.2, 0.25) is 0 Å². The molecule has 0 saturated heterocycles. The molecular weight excluding hydrogens is 407 g/mol. The number of methoxy groups -OCH3 is 1. The molecule has 1 aromatic carbocycles. The molecule has 1 aromatic rings. The molecular formula is C19H28ClO7P. The Kier molecular flexibility index (Phi) is 10.8. The Morgan fingerprint density at radius 1 is 1.07 bits per heavy atom. The first-order valence-corrected chi connectivity index (χ1v) is 11.2. The van der Waals surface area contributed by atoms with E-state index in [2.05, 4.69) is 0 Å². The molecule has 28 heavy (non-hydrogen) atoms. The van der Waals surface area contributed by atoms with Crippen molar-refractivity contribution in [2.24, 2.45) is 0 Å². The van der Waals surface area contributed by atoms with Gasteiger partial charge >= 0.3 is 13.6 Å². The van der Waals surface area contributed by atoms with Gasteiger partial charge in [-0.2, -0.15) is 0 Å². The molecule has 0 aromatic heterocycles. The van der Waals surface area contributed by atoms with E-state index in [1.165, 1.54) is 7.11 Å². The summed E-state index contributed by atoms with van der Waals surface area (Å²) in [5.74, 6) is -0.391. The highest BCUT2D eigenvalue weighted by Gasteiger charge is 2.40. The lowest BCUT2D eigenvalue weighted by Gasteiger charge is -2.23. The molecule has 0 aliphatic heterocycles. The summed E-state index contributed by atoms with van der Waals surface area (Å²) in [5, 5.41) is -1.49. The van der Waals surface area contributed by atoms with E-state index in [4.69, 9.17) is 30.1 Å². The van der Waals surface area contributed by atoms with Gasteiger partial charge in [0.1, 0.15) is 11.9 Å². The second kappa shape index (κ2) is 12.2. The minimum absolute atomic E-state index is 0.0845. The second-order valence-corrected chi connectivity index (χ2v) is 8.74. The third-order valence-corrected chi connectivity index (χ3v) is 6.80. The number of carbonyl (C=O) groups excluding carboxylic acids is 2. The van der Waals surface area contributed by atoms with Gasteiger partial charge in [0.25, 0.3) is 0 Å². The molecule has 0 N–H and O–H groups in total. The third kappa shape index (κ3) is 7.21. The van der Waals surface area contributed by atoms with Crippen molar-refractivity contribution >= 4 is 30.9 Å². The molecule has 2 atom stereocenters. The van der Waals surface area contributed by atoms with Gasteiger partial charge in [0, 0.05) is 12.8 Å². The van der Waals surface area contributed by atoms with Crippen molar-refractivity contribution in [2.75, 3.05) is 20.3 Å². The topological polar surface area (TPSA) is 88.1 Å². The van der Waals surface area contributed by atoms with Crippen LogP contribution in [0.3, 0.4) is 0 Å². The number of ether oxygens (including phenoxy) is 2. The smallest absolute Gasteiger partial charge is 0.355 e. The number of rotatable bonds is 13. The second-order valence-electron chi connectivity index (χ2n) is 5.88. The number of carbonyl (C=O) groups is 2. The van der Waals surface area contributed by atoms with Crippen LogP contribution in [0.4, 0.5) is 0 Å². The van der Waals surface area contributed by atoms with Crippen molar-refractivity contribution in [2.45, 2.75) is 51.3 Å². The van der Waals surface area contributed by atoms with E-state index in [0.29, 0.717) is 17.7 Å². The fourth-order valence-corrected chi connectivity index (χ4v) is 4.39. The number of hydrogen-bond donors (Lipinski definition) is 0. The molecule has 1 rings (SSSR count). The van der Waals surface area contributed by atoms with Gasteiger partial charge in [-0.3, -0.25) is 14.2 Å². The van der Waals surface area contributed by atoms with Crippen molar-refractivity contribution in [3.8, 4) is 5.75 Å². The molecule has 0 amide bonds. The van der Waals surface area contributed by atoms with E-state index < -0.39 is 30.6 Å². The molecule has 9 heteroatoms. The molecule has 0 aliphatic carbocycles. The fourth-order valence-electron chi connectivity index (χ4n) is 2.45. The predicted octanol–water partition coefficient (Wildman–Crippen LogP) is 4.87. The van der Waals surface area contributed by atoms with Gasteiger partial charge in [-0.15, -0.1) is 11.6 Å². The summed E-state index contributed by atoms with van der Waals surface area (Å²) in [4.78, 5) is 24.7. The fraction of sp³-hybridized carbons (Fsp3) is 0.579. The van der Waals surface area contributed by atoms with Crippen LogP contribution in [-0.4, -0.2) is 37.2 Å². The van der Waals surface area contributed by atoms with Crippen LogP contribution in [0.1, 0.15) is 51.7 Å². The highest BCUT2D eigenvalue weighted by Crippen LogP contribution is 2.55. The normalized spacial score (nSPS) is 13.6. The van der Waals surface area contributed by atoms with Crippen molar-refractivity contribution in [3.05, 3.63) is 29.8 Å². The average Bonchev–Trinajstić information content (AvgIpc) is 2.67. The standard InChI is InChI=1S/C19H28ClO7P/c1-5-8-18(22)27-17(14-9-11-15(24-4)12-10-14)13-16(21)19(20)28(23,25-6-2)26-7-3/h9-12,17,19H,5-8,13H2,1-4H3/t17-,19?/m0/s1. The van der Waals surface area contributed by atoms with E-state index in [1.807, 2.05) is 6.92 Å². The minimum atomic E-state index is -3.82. The zero-order valence-corrected chi connectivity index (χ0v) is 18.3. The van der Waals surface area contributed by atoms with E-state index in [0.717, 1.165) is 0 Å². The van der Waals surface area contributed by atoms with Crippen molar-refractivity contribution in [1.82, 2.24) is 0 Å². The highest BCUT2D eigenvalue weighted by atomic mass is 35.5. The summed E-state index contributed by atoms with van der Waals surface area (Å²) in [6.45, 7) is 5.28. The van der Waals surface area contributed by atoms with E-state index in [-0.39, 0.29) is 26.1 Å². The molecule has 0 saturated carbocycles. The van der Waals surface area contributed by atoms with E-state index in [1.54, 1.807) is 38.1 Å². The summed E-state index contributed by atoms with van der Waals surface area (Å²) in [6.07, 6.45) is -0.276. The molecule has 0 bridgehead atoms. The van der Waals surface area contributed by atoms with Crippen LogP contribution in [0.25, 0.3) is 0 Å². The summed E-state index contributed by atoms with van der Waals surface area (Å²) in [6, 6.07) is 6.79. The van der Waals surface area contributed by atoms with Crippen LogP contribution in [0, 0.1) is 0 Å². The summed E-state index contributed by atoms with van der Waals surface area (Å²) in [5.41, 5.74) is 0.602. The highest BCUT2D eigenvalue weighted by molar-refractivity contribution is 7.57. The van der Waals surface area contributed by atoms with Gasteiger partial charge in [0.05, 0.1) is 20.3 Å². The van der Waals surface area contributed by atoms with Crippen LogP contribution in [0.15, 0.2) is 24.3 Å². The molecule has 0 fully saturated rings. The lowest BCUT2D eigenvalue weighted by molar-refractivity contribution is -0.150. The summed E-state index contributed by atoms with van der Waals surface area (Å²) in [7, 11) is -2.28. The Balaban J connectivity index is 3.04. The van der Waals surface area contributed by atoms with Crippen molar-refractivity contribution in [3.63, 3.8) is 0 Å². The molecule has 0 radical (unpaired) electrons. The first-order valence-electron chi connectivity index (χ1n) is 9.20. The van der Waals surface area contributed by atoms with Gasteiger partial charge in [-0.05, 0) is 38.0 Å². The first kappa shape index (κ1) is 24.6. The molecule has 0 heterocycles. The number of halogens is 1. The Hall–Kier alpha value is -1.40. The number of ketones is 1. The summed E-state index contributed by atoms with van der Waals surface area (Å²) >= 11 is 6.15. The quantitative estimate of drug-likeness (QED) is 0.248. The molecule has 1 unspecified atom stereocenters. The number of benzene rings is 1. The number of alkyl halides is 1. The zero-order chi connectivity index (χ0) is 21.2. The maximum absolute atomic E-state index is 12.8. The van der Waals surface area contributed by atoms with Gasteiger partial charge in [0.15, 0.2) is 10.9 Å². The van der Waals surface area contributed by atoms with Gasteiger partial charge in [0.2, 0.25) is 0 Å². The van der Waals surface area contributed by atoms with E-state index in [9.17, 15) is 14.2 Å². The van der Waals surface area contributed by atoms with Crippen LogP contribution < -0.4 is 4.74 Å². The largest absolute Gasteiger partial charge is 0.497 e. The lowest BCUT2D eigenvalue weighted by atomic mass is 10.0. The SMILES string of the molecule is CCCC(=O)O[C@@H](CC(=O)C(Cl)P(=O)(OCC)OCC)c1ccc(OC)cc1. The molecule has 7 nitrogen and oxygen atoms in total.